The number of rotatable bonds is 1. The highest BCUT2D eigenvalue weighted by atomic mass is 19.1. The van der Waals surface area contributed by atoms with E-state index in [9.17, 15) is 4.39 Å². The quantitative estimate of drug-likeness (QED) is 0.573. The molecule has 3 heterocycles. The van der Waals surface area contributed by atoms with E-state index >= 15 is 0 Å². The van der Waals surface area contributed by atoms with E-state index in [1.807, 2.05) is 12.1 Å². The summed E-state index contributed by atoms with van der Waals surface area (Å²) in [5.74, 6) is -0.175. The summed E-state index contributed by atoms with van der Waals surface area (Å²) in [7, 11) is 2.22. The maximum Gasteiger partial charge on any atom is 0.123 e. The Hall–Kier alpha value is -2.39. The van der Waals surface area contributed by atoms with Crippen molar-refractivity contribution in [2.24, 2.45) is 0 Å². The molecule has 1 unspecified atom stereocenters. The van der Waals surface area contributed by atoms with Crippen LogP contribution in [0.4, 0.5) is 4.39 Å². The van der Waals surface area contributed by atoms with Crippen LogP contribution in [0.1, 0.15) is 35.7 Å². The lowest BCUT2D eigenvalue weighted by Gasteiger charge is -2.40. The molecule has 2 aliphatic heterocycles. The van der Waals surface area contributed by atoms with Crippen molar-refractivity contribution in [1.82, 2.24) is 9.47 Å². The topological polar surface area (TPSA) is 8.17 Å². The summed E-state index contributed by atoms with van der Waals surface area (Å²) in [5.41, 5.74) is 8.14. The number of allylic oxidation sites excluding steroid dienone is 2. The molecule has 3 aromatic rings. The number of fused-ring (bicyclic) bond motifs is 3. The van der Waals surface area contributed by atoms with Gasteiger partial charge in [0.1, 0.15) is 5.82 Å². The van der Waals surface area contributed by atoms with E-state index in [0.29, 0.717) is 0 Å². The van der Waals surface area contributed by atoms with Gasteiger partial charge in [-0.25, -0.2) is 4.39 Å². The Morgan fingerprint density at radius 2 is 1.85 bits per heavy atom. The van der Waals surface area contributed by atoms with Gasteiger partial charge >= 0.3 is 0 Å². The summed E-state index contributed by atoms with van der Waals surface area (Å²) in [6.45, 7) is 7.48. The second kappa shape index (κ2) is 5.80. The highest BCUT2D eigenvalue weighted by Crippen LogP contribution is 2.46. The maximum atomic E-state index is 13.4. The molecule has 2 aromatic carbocycles. The summed E-state index contributed by atoms with van der Waals surface area (Å²) in [4.78, 5) is 2.45. The molecule has 0 fully saturated rings. The molecule has 1 atom stereocenters. The summed E-state index contributed by atoms with van der Waals surface area (Å²) in [6, 6.07) is 13.8. The first-order valence-electron chi connectivity index (χ1n) is 9.70. The van der Waals surface area contributed by atoms with E-state index in [2.05, 4.69) is 54.6 Å². The van der Waals surface area contributed by atoms with Crippen molar-refractivity contribution in [2.45, 2.75) is 38.8 Å². The van der Waals surface area contributed by atoms with Gasteiger partial charge in [-0.1, -0.05) is 36.8 Å². The van der Waals surface area contributed by atoms with Gasteiger partial charge in [-0.2, -0.15) is 0 Å². The predicted octanol–water partition coefficient (Wildman–Crippen LogP) is 5.28. The Balaban J connectivity index is 1.73. The fourth-order valence-corrected chi connectivity index (χ4v) is 5.29. The number of likely N-dealkylation sites (N-methyl/N-ethyl adjacent to an activating group) is 1. The van der Waals surface area contributed by atoms with Gasteiger partial charge in [0.05, 0.1) is 0 Å². The third-order valence-electron chi connectivity index (χ3n) is 6.26. The first-order chi connectivity index (χ1) is 12.9. The maximum absolute atomic E-state index is 13.4. The lowest BCUT2D eigenvalue weighted by molar-refractivity contribution is 0.220. The molecule has 2 nitrogen and oxygen atoms in total. The Labute approximate surface area is 159 Å². The highest BCUT2D eigenvalue weighted by molar-refractivity contribution is 5.88. The molecule has 0 N–H and O–H groups in total. The Morgan fingerprint density at radius 1 is 1.07 bits per heavy atom. The molecule has 0 saturated carbocycles. The zero-order valence-electron chi connectivity index (χ0n) is 16.2. The summed E-state index contributed by atoms with van der Waals surface area (Å²) >= 11 is 0. The van der Waals surface area contributed by atoms with Crippen LogP contribution in [-0.4, -0.2) is 23.1 Å². The smallest absolute Gasteiger partial charge is 0.123 e. The van der Waals surface area contributed by atoms with Crippen LogP contribution in [0.25, 0.3) is 16.5 Å². The average molecular weight is 360 g/mol. The van der Waals surface area contributed by atoms with Gasteiger partial charge < -0.3 is 9.47 Å². The van der Waals surface area contributed by atoms with E-state index in [1.165, 1.54) is 33.3 Å². The van der Waals surface area contributed by atoms with Crippen molar-refractivity contribution < 1.29 is 4.39 Å². The molecule has 0 saturated heterocycles. The van der Waals surface area contributed by atoms with E-state index in [0.717, 1.165) is 31.6 Å². The highest BCUT2D eigenvalue weighted by Gasteiger charge is 2.40. The van der Waals surface area contributed by atoms with Crippen LogP contribution in [0, 0.1) is 12.7 Å². The van der Waals surface area contributed by atoms with Crippen LogP contribution in [0.2, 0.25) is 0 Å². The second-order valence-corrected chi connectivity index (χ2v) is 8.60. The zero-order valence-corrected chi connectivity index (χ0v) is 16.2. The van der Waals surface area contributed by atoms with Crippen LogP contribution < -0.4 is 0 Å². The van der Waals surface area contributed by atoms with Crippen LogP contribution in [0.3, 0.4) is 0 Å². The molecular formula is C24H25FN2. The van der Waals surface area contributed by atoms with E-state index in [4.69, 9.17) is 0 Å². The minimum Gasteiger partial charge on any atom is -0.340 e. The second-order valence-electron chi connectivity index (χ2n) is 8.60. The van der Waals surface area contributed by atoms with Gasteiger partial charge in [-0.15, -0.1) is 0 Å². The van der Waals surface area contributed by atoms with Crippen molar-refractivity contribution in [3.05, 3.63) is 76.7 Å². The standard InChI is InChI=1S/C24H25FN2/c1-16-4-9-22-20(12-16)21-14-26(3)15-24(2)13-18(10-11-27(22)23(21)24)17-5-7-19(25)8-6-17/h4-10,12H,11,13-15H2,1-3H3. The lowest BCUT2D eigenvalue weighted by atomic mass is 9.75. The molecule has 2 aliphatic rings. The third-order valence-corrected chi connectivity index (χ3v) is 6.26. The minimum atomic E-state index is -0.175. The van der Waals surface area contributed by atoms with Gasteiger partial charge in [0.25, 0.3) is 0 Å². The van der Waals surface area contributed by atoms with Crippen molar-refractivity contribution in [1.29, 1.82) is 0 Å². The number of halogens is 1. The van der Waals surface area contributed by atoms with E-state index < -0.39 is 0 Å². The molecule has 0 bridgehead atoms. The molecule has 27 heavy (non-hydrogen) atoms. The predicted molar refractivity (Wildman–Crippen MR) is 109 cm³/mol. The molecule has 3 heteroatoms. The Kier molecular flexibility index (Phi) is 3.60. The van der Waals surface area contributed by atoms with Crippen LogP contribution in [0.5, 0.6) is 0 Å². The number of hydrogen-bond acceptors (Lipinski definition) is 1. The number of aromatic nitrogens is 1. The molecule has 138 valence electrons. The summed E-state index contributed by atoms with van der Waals surface area (Å²) < 4.78 is 15.9. The lowest BCUT2D eigenvalue weighted by Crippen LogP contribution is -2.42. The first-order valence-corrected chi connectivity index (χ1v) is 9.70. The van der Waals surface area contributed by atoms with Gasteiger partial charge in [0.15, 0.2) is 0 Å². The molecular weight excluding hydrogens is 335 g/mol. The fourth-order valence-electron chi connectivity index (χ4n) is 5.29. The van der Waals surface area contributed by atoms with Gasteiger partial charge in [0.2, 0.25) is 0 Å². The minimum absolute atomic E-state index is 0.0476. The van der Waals surface area contributed by atoms with Crippen LogP contribution >= 0.6 is 0 Å². The van der Waals surface area contributed by atoms with Gasteiger partial charge in [-0.3, -0.25) is 0 Å². The van der Waals surface area contributed by atoms with Crippen molar-refractivity contribution in [2.75, 3.05) is 13.6 Å². The molecule has 1 aromatic heterocycles. The third kappa shape index (κ3) is 2.56. The molecule has 0 amide bonds. The fraction of sp³-hybridized carbons (Fsp3) is 0.333. The molecule has 0 radical (unpaired) electrons. The number of hydrogen-bond donors (Lipinski definition) is 0. The first kappa shape index (κ1) is 16.8. The SMILES string of the molecule is Cc1ccc2c(c1)c1c3n2CC=C(c2ccc(F)cc2)CC3(C)CN(C)C1. The van der Waals surface area contributed by atoms with Gasteiger partial charge in [-0.05, 0) is 61.4 Å². The monoisotopic (exact) mass is 360 g/mol. The van der Waals surface area contributed by atoms with Crippen LogP contribution in [-0.2, 0) is 18.5 Å². The van der Waals surface area contributed by atoms with Crippen LogP contribution in [0.15, 0.2) is 48.5 Å². The number of aryl methyl sites for hydroxylation is 1. The molecule has 0 spiro atoms. The summed E-state index contributed by atoms with van der Waals surface area (Å²) in [6.07, 6.45) is 3.32. The van der Waals surface area contributed by atoms with E-state index in [-0.39, 0.29) is 11.2 Å². The van der Waals surface area contributed by atoms with E-state index in [1.54, 1.807) is 12.1 Å². The van der Waals surface area contributed by atoms with Crippen molar-refractivity contribution in [3.63, 3.8) is 0 Å². The normalized spacial score (nSPS) is 22.4. The molecule has 5 rings (SSSR count). The van der Waals surface area contributed by atoms with Crippen molar-refractivity contribution >= 4 is 16.5 Å². The average Bonchev–Trinajstić information content (AvgIpc) is 2.83. The Morgan fingerprint density at radius 3 is 2.63 bits per heavy atom. The molecule has 0 aliphatic carbocycles. The largest absolute Gasteiger partial charge is 0.340 e. The number of benzene rings is 2. The summed E-state index contributed by atoms with van der Waals surface area (Å²) in [5, 5.41) is 1.40. The number of nitrogens with zero attached hydrogens (tertiary/aromatic N) is 2. The van der Waals surface area contributed by atoms with Gasteiger partial charge in [0, 0.05) is 41.6 Å². The zero-order chi connectivity index (χ0) is 18.8. The van der Waals surface area contributed by atoms with Crippen molar-refractivity contribution in [3.8, 4) is 0 Å². The Bertz CT molecular complexity index is 1070.